The minimum absolute atomic E-state index is 0.0324. The highest BCUT2D eigenvalue weighted by molar-refractivity contribution is 5.14. The molecule has 2 unspecified atom stereocenters. The summed E-state index contributed by atoms with van der Waals surface area (Å²) in [6.45, 7) is 2.98. The van der Waals surface area contributed by atoms with E-state index in [0.29, 0.717) is 13.1 Å². The third-order valence-corrected chi connectivity index (χ3v) is 2.46. The summed E-state index contributed by atoms with van der Waals surface area (Å²) in [5, 5.41) is 12.8. The Morgan fingerprint density at radius 2 is 2.18 bits per heavy atom. The molecule has 0 aliphatic carbocycles. The normalized spacial score (nSPS) is 14.9. The van der Waals surface area contributed by atoms with Gasteiger partial charge in [0.1, 0.15) is 5.82 Å². The van der Waals surface area contributed by atoms with Gasteiger partial charge in [-0.15, -0.1) is 0 Å². The lowest BCUT2D eigenvalue weighted by atomic mass is 10.1. The summed E-state index contributed by atoms with van der Waals surface area (Å²) in [6.07, 6.45) is 2.37. The van der Waals surface area contributed by atoms with Crippen molar-refractivity contribution in [1.82, 2.24) is 15.2 Å². The molecule has 17 heavy (non-hydrogen) atoms. The van der Waals surface area contributed by atoms with Gasteiger partial charge < -0.3 is 15.3 Å². The molecule has 0 aliphatic heterocycles. The highest BCUT2D eigenvalue weighted by Crippen LogP contribution is 2.11. The summed E-state index contributed by atoms with van der Waals surface area (Å²) < 4.78 is 13.0. The van der Waals surface area contributed by atoms with Crippen molar-refractivity contribution in [3.8, 4) is 0 Å². The zero-order valence-electron chi connectivity index (χ0n) is 10.5. The van der Waals surface area contributed by atoms with Gasteiger partial charge in [-0.3, -0.25) is 4.98 Å². The average molecular weight is 241 g/mol. The molecule has 1 aromatic rings. The van der Waals surface area contributed by atoms with Crippen molar-refractivity contribution >= 4 is 0 Å². The molecule has 2 N–H and O–H groups in total. The first-order valence-corrected chi connectivity index (χ1v) is 5.65. The number of hydrogen-bond donors (Lipinski definition) is 2. The van der Waals surface area contributed by atoms with E-state index in [1.807, 2.05) is 25.9 Å². The van der Waals surface area contributed by atoms with E-state index < -0.39 is 6.10 Å². The molecule has 2 atom stereocenters. The Hall–Kier alpha value is -1.04. The first-order valence-electron chi connectivity index (χ1n) is 5.65. The minimum Gasteiger partial charge on any atom is -0.390 e. The number of nitrogens with zero attached hydrogens (tertiary/aromatic N) is 2. The van der Waals surface area contributed by atoms with E-state index in [4.69, 9.17) is 0 Å². The number of halogens is 1. The summed E-state index contributed by atoms with van der Waals surface area (Å²) in [5.74, 6) is -0.343. The number of pyridine rings is 1. The molecule has 0 aromatic carbocycles. The van der Waals surface area contributed by atoms with Gasteiger partial charge >= 0.3 is 0 Å². The molecule has 0 saturated heterocycles. The van der Waals surface area contributed by atoms with E-state index in [1.165, 1.54) is 12.3 Å². The lowest BCUT2D eigenvalue weighted by Gasteiger charge is -2.19. The van der Waals surface area contributed by atoms with Crippen LogP contribution in [0.25, 0.3) is 0 Å². The van der Waals surface area contributed by atoms with Crippen molar-refractivity contribution in [2.24, 2.45) is 0 Å². The van der Waals surface area contributed by atoms with Crippen LogP contribution in [0.4, 0.5) is 4.39 Å². The molecule has 0 bridgehead atoms. The van der Waals surface area contributed by atoms with Gasteiger partial charge in [0.15, 0.2) is 0 Å². The molecular formula is C12H20FN3O. The van der Waals surface area contributed by atoms with Crippen LogP contribution in [0.15, 0.2) is 18.5 Å². The van der Waals surface area contributed by atoms with Crippen LogP contribution in [0, 0.1) is 5.82 Å². The third-order valence-electron chi connectivity index (χ3n) is 2.46. The van der Waals surface area contributed by atoms with Crippen LogP contribution in [-0.4, -0.2) is 48.3 Å². The molecular weight excluding hydrogens is 221 g/mol. The van der Waals surface area contributed by atoms with Gasteiger partial charge in [-0.25, -0.2) is 4.39 Å². The quantitative estimate of drug-likeness (QED) is 0.773. The van der Waals surface area contributed by atoms with Crippen molar-refractivity contribution in [3.05, 3.63) is 29.8 Å². The summed E-state index contributed by atoms with van der Waals surface area (Å²) in [7, 11) is 3.81. The maximum Gasteiger partial charge on any atom is 0.141 e. The zero-order chi connectivity index (χ0) is 12.8. The summed E-state index contributed by atoms with van der Waals surface area (Å²) >= 11 is 0. The number of hydrogen-bond acceptors (Lipinski definition) is 4. The molecule has 1 aromatic heterocycles. The molecule has 1 rings (SSSR count). The number of rotatable bonds is 6. The number of aliphatic hydroxyl groups excluding tert-OH is 1. The Morgan fingerprint density at radius 1 is 1.47 bits per heavy atom. The third kappa shape index (κ3) is 5.21. The molecule has 5 heteroatoms. The molecule has 0 radical (unpaired) electrons. The molecule has 1 heterocycles. The summed E-state index contributed by atoms with van der Waals surface area (Å²) in [5.41, 5.74) is 0.780. The molecule has 0 saturated carbocycles. The van der Waals surface area contributed by atoms with E-state index in [0.717, 1.165) is 5.56 Å². The van der Waals surface area contributed by atoms with Crippen molar-refractivity contribution in [3.63, 3.8) is 0 Å². The lowest BCUT2D eigenvalue weighted by Crippen LogP contribution is -2.36. The van der Waals surface area contributed by atoms with Gasteiger partial charge in [0.05, 0.1) is 12.3 Å². The van der Waals surface area contributed by atoms with Crippen molar-refractivity contribution in [2.45, 2.75) is 19.1 Å². The first kappa shape index (κ1) is 14.0. The second-order valence-corrected chi connectivity index (χ2v) is 4.48. The standard InChI is InChI=1S/C12H20FN3O/c1-9(10-4-11(13)6-14-5-10)15-7-12(17)8-16(2)3/h4-6,9,12,15,17H,7-8H2,1-3H3. The Bertz CT molecular complexity index is 346. The number of aliphatic hydroxyl groups is 1. The predicted molar refractivity (Wildman–Crippen MR) is 65.2 cm³/mol. The largest absolute Gasteiger partial charge is 0.390 e. The van der Waals surface area contributed by atoms with Crippen LogP contribution in [0.3, 0.4) is 0 Å². The molecule has 0 amide bonds. The second-order valence-electron chi connectivity index (χ2n) is 4.48. The Kier molecular flexibility index (Phi) is 5.47. The smallest absolute Gasteiger partial charge is 0.141 e. The Balaban J connectivity index is 2.42. The minimum atomic E-state index is -0.436. The monoisotopic (exact) mass is 241 g/mol. The Labute approximate surface area is 101 Å². The number of aromatic nitrogens is 1. The maximum atomic E-state index is 13.0. The SMILES string of the molecule is CC(NCC(O)CN(C)C)c1cncc(F)c1. The zero-order valence-corrected chi connectivity index (χ0v) is 10.5. The van der Waals surface area contributed by atoms with Crippen LogP contribution in [0.1, 0.15) is 18.5 Å². The fourth-order valence-corrected chi connectivity index (χ4v) is 1.58. The van der Waals surface area contributed by atoms with Gasteiger partial charge in [0.25, 0.3) is 0 Å². The van der Waals surface area contributed by atoms with Crippen LogP contribution in [0.5, 0.6) is 0 Å². The highest BCUT2D eigenvalue weighted by Gasteiger charge is 2.10. The lowest BCUT2D eigenvalue weighted by molar-refractivity contribution is 0.132. The summed E-state index contributed by atoms with van der Waals surface area (Å²) in [6, 6.07) is 1.42. The van der Waals surface area contributed by atoms with Crippen LogP contribution in [0.2, 0.25) is 0 Å². The van der Waals surface area contributed by atoms with Gasteiger partial charge in [-0.05, 0) is 32.6 Å². The van der Waals surface area contributed by atoms with E-state index in [-0.39, 0.29) is 11.9 Å². The highest BCUT2D eigenvalue weighted by atomic mass is 19.1. The van der Waals surface area contributed by atoms with E-state index >= 15 is 0 Å². The first-order chi connectivity index (χ1) is 7.99. The molecule has 0 fully saturated rings. The van der Waals surface area contributed by atoms with Gasteiger partial charge in [0, 0.05) is 25.3 Å². The second kappa shape index (κ2) is 6.64. The van der Waals surface area contributed by atoms with Gasteiger partial charge in [0.2, 0.25) is 0 Å². The molecule has 0 aliphatic rings. The molecule has 4 nitrogen and oxygen atoms in total. The van der Waals surface area contributed by atoms with E-state index in [2.05, 4.69) is 10.3 Å². The maximum absolute atomic E-state index is 13.0. The molecule has 96 valence electrons. The fourth-order valence-electron chi connectivity index (χ4n) is 1.58. The average Bonchev–Trinajstić information content (AvgIpc) is 2.25. The predicted octanol–water partition coefficient (Wildman–Crippen LogP) is 0.794. The molecule has 0 spiro atoms. The summed E-state index contributed by atoms with van der Waals surface area (Å²) in [4.78, 5) is 5.71. The number of nitrogens with one attached hydrogen (secondary N) is 1. The number of likely N-dealkylation sites (N-methyl/N-ethyl adjacent to an activating group) is 1. The van der Waals surface area contributed by atoms with Gasteiger partial charge in [-0.1, -0.05) is 0 Å². The van der Waals surface area contributed by atoms with Crippen LogP contribution in [-0.2, 0) is 0 Å². The topological polar surface area (TPSA) is 48.4 Å². The van der Waals surface area contributed by atoms with Crippen molar-refractivity contribution in [2.75, 3.05) is 27.2 Å². The Morgan fingerprint density at radius 3 is 2.76 bits per heavy atom. The van der Waals surface area contributed by atoms with Crippen LogP contribution >= 0.6 is 0 Å². The van der Waals surface area contributed by atoms with Gasteiger partial charge in [-0.2, -0.15) is 0 Å². The van der Waals surface area contributed by atoms with Crippen molar-refractivity contribution < 1.29 is 9.50 Å². The van der Waals surface area contributed by atoms with Crippen LogP contribution < -0.4 is 5.32 Å². The van der Waals surface area contributed by atoms with Crippen molar-refractivity contribution in [1.29, 1.82) is 0 Å². The van der Waals surface area contributed by atoms with E-state index in [9.17, 15) is 9.50 Å². The fraction of sp³-hybridized carbons (Fsp3) is 0.583. The van der Waals surface area contributed by atoms with E-state index in [1.54, 1.807) is 6.20 Å².